The first-order chi connectivity index (χ1) is 8.90. The molecule has 0 radical (unpaired) electrons. The number of likely N-dealkylation sites (tertiary alicyclic amines) is 1. The summed E-state index contributed by atoms with van der Waals surface area (Å²) in [6.07, 6.45) is 0. The van der Waals surface area contributed by atoms with E-state index in [-0.39, 0.29) is 5.91 Å². The van der Waals surface area contributed by atoms with Crippen molar-refractivity contribution in [3.05, 3.63) is 30.3 Å². The first-order valence-electron chi connectivity index (χ1n) is 7.21. The maximum Gasteiger partial charge on any atom is 0.219 e. The van der Waals surface area contributed by atoms with Crippen molar-refractivity contribution in [2.24, 2.45) is 11.8 Å². The van der Waals surface area contributed by atoms with Crippen LogP contribution in [0.15, 0.2) is 30.3 Å². The maximum atomic E-state index is 11.5. The van der Waals surface area contributed by atoms with Crippen molar-refractivity contribution in [1.82, 2.24) is 4.90 Å². The lowest BCUT2D eigenvalue weighted by atomic mass is 10.0. The Bertz CT molecular complexity index is 443. The van der Waals surface area contributed by atoms with Gasteiger partial charge in [0, 0.05) is 20.0 Å². The van der Waals surface area contributed by atoms with E-state index in [4.69, 9.17) is 0 Å². The summed E-state index contributed by atoms with van der Waals surface area (Å²) in [5.74, 6) is 1.54. The molecular weight excluding hydrogens is 250 g/mol. The first kappa shape index (κ1) is 14.3. The Morgan fingerprint density at radius 2 is 1.89 bits per heavy atom. The molecule has 1 aliphatic heterocycles. The van der Waals surface area contributed by atoms with E-state index in [2.05, 4.69) is 50.3 Å². The molecule has 2 nitrogen and oxygen atoms in total. The molecule has 0 unspecified atom stereocenters. The summed E-state index contributed by atoms with van der Waals surface area (Å²) in [6.45, 7) is 10.8. The van der Waals surface area contributed by atoms with Gasteiger partial charge in [0.15, 0.2) is 0 Å². The molecule has 0 aromatic heterocycles. The van der Waals surface area contributed by atoms with Gasteiger partial charge in [-0.3, -0.25) is 4.79 Å². The largest absolute Gasteiger partial charge is 0.342 e. The van der Waals surface area contributed by atoms with E-state index >= 15 is 0 Å². The number of rotatable bonds is 3. The highest BCUT2D eigenvalue weighted by Crippen LogP contribution is 2.30. The Balaban J connectivity index is 2.07. The molecule has 19 heavy (non-hydrogen) atoms. The lowest BCUT2D eigenvalue weighted by Crippen LogP contribution is -2.43. The van der Waals surface area contributed by atoms with Gasteiger partial charge in [0.05, 0.1) is 8.07 Å². The summed E-state index contributed by atoms with van der Waals surface area (Å²) in [7, 11) is -1.39. The Hall–Kier alpha value is -1.09. The molecule has 0 saturated carbocycles. The summed E-state index contributed by atoms with van der Waals surface area (Å²) >= 11 is 0. The summed E-state index contributed by atoms with van der Waals surface area (Å²) < 4.78 is 0. The highest BCUT2D eigenvalue weighted by molar-refractivity contribution is 6.89. The Morgan fingerprint density at radius 3 is 2.42 bits per heavy atom. The van der Waals surface area contributed by atoms with Gasteiger partial charge in [-0.15, -0.1) is 0 Å². The van der Waals surface area contributed by atoms with Crippen LogP contribution in [0.5, 0.6) is 0 Å². The average Bonchev–Trinajstić information content (AvgIpc) is 2.72. The average molecular weight is 275 g/mol. The monoisotopic (exact) mass is 275 g/mol. The Kier molecular flexibility index (Phi) is 4.14. The third-order valence-corrected chi connectivity index (χ3v) is 7.98. The van der Waals surface area contributed by atoms with E-state index in [1.54, 1.807) is 6.92 Å². The molecule has 104 valence electrons. The van der Waals surface area contributed by atoms with Gasteiger partial charge in [-0.05, 0) is 17.9 Å². The van der Waals surface area contributed by atoms with Crippen LogP contribution >= 0.6 is 0 Å². The number of amides is 1. The van der Waals surface area contributed by atoms with E-state index < -0.39 is 8.07 Å². The smallest absolute Gasteiger partial charge is 0.219 e. The van der Waals surface area contributed by atoms with Gasteiger partial charge in [0.2, 0.25) is 5.91 Å². The highest BCUT2D eigenvalue weighted by Gasteiger charge is 2.36. The summed E-state index contributed by atoms with van der Waals surface area (Å²) in [5.41, 5.74) is 0. The van der Waals surface area contributed by atoms with Crippen LogP contribution < -0.4 is 5.19 Å². The second-order valence-electron chi connectivity index (χ2n) is 6.62. The van der Waals surface area contributed by atoms with E-state index in [0.29, 0.717) is 11.8 Å². The number of hydrogen-bond donors (Lipinski definition) is 0. The van der Waals surface area contributed by atoms with Crippen LogP contribution in [-0.4, -0.2) is 32.0 Å². The zero-order valence-corrected chi connectivity index (χ0v) is 13.5. The molecule has 0 spiro atoms. The van der Waals surface area contributed by atoms with Gasteiger partial charge >= 0.3 is 0 Å². The second-order valence-corrected chi connectivity index (χ2v) is 11.4. The summed E-state index contributed by atoms with van der Waals surface area (Å²) in [5, 5.41) is 1.53. The molecule has 0 N–H and O–H groups in total. The van der Waals surface area contributed by atoms with Crippen molar-refractivity contribution in [3.8, 4) is 0 Å². The van der Waals surface area contributed by atoms with E-state index in [0.717, 1.165) is 13.1 Å². The molecule has 0 aliphatic carbocycles. The summed E-state index contributed by atoms with van der Waals surface area (Å²) in [4.78, 5) is 13.5. The zero-order valence-electron chi connectivity index (χ0n) is 12.5. The number of hydrogen-bond acceptors (Lipinski definition) is 1. The minimum Gasteiger partial charge on any atom is -0.342 e. The highest BCUT2D eigenvalue weighted by atomic mass is 28.3. The topological polar surface area (TPSA) is 20.3 Å². The molecule has 1 aromatic carbocycles. The zero-order chi connectivity index (χ0) is 14.0. The second kappa shape index (κ2) is 5.49. The molecule has 3 heteroatoms. The molecule has 1 fully saturated rings. The van der Waals surface area contributed by atoms with Crippen molar-refractivity contribution in [3.63, 3.8) is 0 Å². The van der Waals surface area contributed by atoms with Crippen LogP contribution in [0.3, 0.4) is 0 Å². The van der Waals surface area contributed by atoms with Crippen molar-refractivity contribution >= 4 is 19.2 Å². The predicted octanol–water partition coefficient (Wildman–Crippen LogP) is 2.72. The molecule has 1 aromatic rings. The molecule has 2 atom stereocenters. The third-order valence-electron chi connectivity index (χ3n) is 4.54. The standard InChI is InChI=1S/C16H25NOSi/c1-13-10-17(14(2)18)11-15(13)12-19(3,4)16-8-6-5-7-9-16/h5-9,13,15H,10-12H2,1-4H3/t13-,15-/m1/s1. The maximum absolute atomic E-state index is 11.5. The molecular formula is C16H25NOSi. The van der Waals surface area contributed by atoms with E-state index in [9.17, 15) is 4.79 Å². The van der Waals surface area contributed by atoms with Gasteiger partial charge in [-0.25, -0.2) is 0 Å². The SMILES string of the molecule is CC(=O)N1C[C@H](C[Si](C)(C)c2ccccc2)[C@H](C)C1. The number of benzene rings is 1. The van der Waals surface area contributed by atoms with Crippen LogP contribution in [-0.2, 0) is 4.79 Å². The van der Waals surface area contributed by atoms with Gasteiger partial charge in [-0.1, -0.05) is 55.5 Å². The lowest BCUT2D eigenvalue weighted by molar-refractivity contribution is -0.128. The predicted molar refractivity (Wildman–Crippen MR) is 83.3 cm³/mol. The van der Waals surface area contributed by atoms with Crippen molar-refractivity contribution in [2.45, 2.75) is 33.0 Å². The summed E-state index contributed by atoms with van der Waals surface area (Å²) in [6, 6.07) is 12.2. The third kappa shape index (κ3) is 3.27. The molecule has 1 heterocycles. The number of nitrogens with zero attached hydrogens (tertiary/aromatic N) is 1. The fourth-order valence-corrected chi connectivity index (χ4v) is 6.39. The fraction of sp³-hybridized carbons (Fsp3) is 0.562. The number of carbonyl (C=O) groups is 1. The normalized spacial score (nSPS) is 23.7. The first-order valence-corrected chi connectivity index (χ1v) is 10.4. The fourth-order valence-electron chi connectivity index (χ4n) is 3.22. The Morgan fingerprint density at radius 1 is 1.26 bits per heavy atom. The van der Waals surface area contributed by atoms with Crippen LogP contribution in [0, 0.1) is 11.8 Å². The molecule has 1 saturated heterocycles. The minimum absolute atomic E-state index is 0.230. The quantitative estimate of drug-likeness (QED) is 0.777. The van der Waals surface area contributed by atoms with Gasteiger partial charge in [0.1, 0.15) is 0 Å². The molecule has 2 rings (SSSR count). The Labute approximate surface area is 117 Å². The van der Waals surface area contributed by atoms with Crippen molar-refractivity contribution in [1.29, 1.82) is 0 Å². The van der Waals surface area contributed by atoms with Crippen molar-refractivity contribution < 1.29 is 4.79 Å². The minimum atomic E-state index is -1.39. The van der Waals surface area contributed by atoms with Crippen LogP contribution in [0.4, 0.5) is 0 Å². The van der Waals surface area contributed by atoms with Crippen LogP contribution in [0.25, 0.3) is 0 Å². The molecule has 0 bridgehead atoms. The van der Waals surface area contributed by atoms with E-state index in [1.807, 2.05) is 4.90 Å². The van der Waals surface area contributed by atoms with Crippen LogP contribution in [0.1, 0.15) is 13.8 Å². The molecule has 1 amide bonds. The van der Waals surface area contributed by atoms with Crippen LogP contribution in [0.2, 0.25) is 19.1 Å². The number of carbonyl (C=O) groups excluding carboxylic acids is 1. The van der Waals surface area contributed by atoms with Gasteiger partial charge < -0.3 is 4.90 Å². The lowest BCUT2D eigenvalue weighted by Gasteiger charge is -2.28. The van der Waals surface area contributed by atoms with Crippen molar-refractivity contribution in [2.75, 3.05) is 13.1 Å². The van der Waals surface area contributed by atoms with Gasteiger partial charge in [-0.2, -0.15) is 0 Å². The molecule has 1 aliphatic rings. The van der Waals surface area contributed by atoms with Gasteiger partial charge in [0.25, 0.3) is 0 Å². The van der Waals surface area contributed by atoms with E-state index in [1.165, 1.54) is 11.2 Å².